The largest absolute Gasteiger partial charge is 0.351 e. The average Bonchev–Trinajstić information content (AvgIpc) is 2.98. The number of hydrogen-bond acceptors (Lipinski definition) is 5. The molecule has 0 spiro atoms. The van der Waals surface area contributed by atoms with Crippen molar-refractivity contribution in [1.29, 1.82) is 0 Å². The maximum Gasteiger partial charge on any atom is 0.252 e. The van der Waals surface area contributed by atoms with Gasteiger partial charge in [0.25, 0.3) is 5.91 Å². The highest BCUT2D eigenvalue weighted by atomic mass is 16.1. The Kier molecular flexibility index (Phi) is 4.57. The fourth-order valence-corrected chi connectivity index (χ4v) is 1.53. The van der Waals surface area contributed by atoms with Crippen molar-refractivity contribution in [1.82, 2.24) is 30.4 Å². The SMILES string of the molecule is CCNCCNC(=O)c1ccc(-n2cncn2)nc1. The molecular weight excluding hydrogens is 244 g/mol. The molecule has 2 aromatic rings. The van der Waals surface area contributed by atoms with Crippen LogP contribution in [0, 0.1) is 0 Å². The molecule has 19 heavy (non-hydrogen) atoms. The van der Waals surface area contributed by atoms with Gasteiger partial charge in [0.2, 0.25) is 0 Å². The van der Waals surface area contributed by atoms with Crippen LogP contribution in [0.5, 0.6) is 0 Å². The highest BCUT2D eigenvalue weighted by Crippen LogP contribution is 2.03. The topological polar surface area (TPSA) is 84.7 Å². The number of nitrogens with zero attached hydrogens (tertiary/aromatic N) is 4. The third kappa shape index (κ3) is 3.59. The van der Waals surface area contributed by atoms with Gasteiger partial charge in [0.05, 0.1) is 5.56 Å². The summed E-state index contributed by atoms with van der Waals surface area (Å²) in [7, 11) is 0. The molecule has 2 aromatic heterocycles. The van der Waals surface area contributed by atoms with Gasteiger partial charge in [0.1, 0.15) is 12.7 Å². The summed E-state index contributed by atoms with van der Waals surface area (Å²) in [5, 5.41) is 9.91. The van der Waals surface area contributed by atoms with Crippen LogP contribution in [-0.2, 0) is 0 Å². The van der Waals surface area contributed by atoms with E-state index < -0.39 is 0 Å². The number of pyridine rings is 1. The van der Waals surface area contributed by atoms with Crippen molar-refractivity contribution in [3.63, 3.8) is 0 Å². The second-order valence-corrected chi connectivity index (χ2v) is 3.85. The number of aromatic nitrogens is 4. The first kappa shape index (κ1) is 13.2. The van der Waals surface area contributed by atoms with E-state index in [1.807, 2.05) is 6.92 Å². The van der Waals surface area contributed by atoms with Crippen LogP contribution in [0.3, 0.4) is 0 Å². The van der Waals surface area contributed by atoms with Gasteiger partial charge in [-0.05, 0) is 18.7 Å². The normalized spacial score (nSPS) is 10.4. The van der Waals surface area contributed by atoms with Crippen molar-refractivity contribution in [2.24, 2.45) is 0 Å². The van der Waals surface area contributed by atoms with Gasteiger partial charge >= 0.3 is 0 Å². The van der Waals surface area contributed by atoms with E-state index in [1.165, 1.54) is 17.2 Å². The van der Waals surface area contributed by atoms with Crippen LogP contribution in [0.4, 0.5) is 0 Å². The molecule has 2 N–H and O–H groups in total. The summed E-state index contributed by atoms with van der Waals surface area (Å²) in [6.07, 6.45) is 4.52. The van der Waals surface area contributed by atoms with Crippen LogP contribution in [0.1, 0.15) is 17.3 Å². The van der Waals surface area contributed by atoms with Crippen molar-refractivity contribution in [3.8, 4) is 5.82 Å². The molecule has 0 aliphatic carbocycles. The molecule has 0 atom stereocenters. The first-order chi connectivity index (χ1) is 9.31. The summed E-state index contributed by atoms with van der Waals surface area (Å²) in [5.74, 6) is 0.497. The van der Waals surface area contributed by atoms with E-state index in [4.69, 9.17) is 0 Å². The first-order valence-corrected chi connectivity index (χ1v) is 6.11. The minimum absolute atomic E-state index is 0.129. The van der Waals surface area contributed by atoms with E-state index in [1.54, 1.807) is 18.5 Å². The smallest absolute Gasteiger partial charge is 0.252 e. The minimum Gasteiger partial charge on any atom is -0.351 e. The summed E-state index contributed by atoms with van der Waals surface area (Å²) in [6.45, 7) is 4.27. The number of carbonyl (C=O) groups excluding carboxylic acids is 1. The summed E-state index contributed by atoms with van der Waals surface area (Å²) in [5.41, 5.74) is 0.528. The lowest BCUT2D eigenvalue weighted by atomic mass is 10.2. The van der Waals surface area contributed by atoms with Gasteiger partial charge in [-0.25, -0.2) is 14.6 Å². The molecule has 0 aliphatic rings. The number of amides is 1. The highest BCUT2D eigenvalue weighted by molar-refractivity contribution is 5.93. The molecular formula is C12H16N6O. The molecule has 1 amide bonds. The zero-order valence-corrected chi connectivity index (χ0v) is 10.7. The van der Waals surface area contributed by atoms with E-state index in [-0.39, 0.29) is 5.91 Å². The third-order valence-electron chi connectivity index (χ3n) is 2.50. The molecule has 7 heteroatoms. The quantitative estimate of drug-likeness (QED) is 0.714. The molecule has 0 radical (unpaired) electrons. The van der Waals surface area contributed by atoms with Crippen molar-refractivity contribution in [2.75, 3.05) is 19.6 Å². The zero-order valence-electron chi connectivity index (χ0n) is 10.7. The Morgan fingerprint density at radius 2 is 2.26 bits per heavy atom. The van der Waals surface area contributed by atoms with E-state index >= 15 is 0 Å². The Bertz CT molecular complexity index is 508. The van der Waals surface area contributed by atoms with E-state index in [9.17, 15) is 4.79 Å². The maximum atomic E-state index is 11.8. The Morgan fingerprint density at radius 3 is 2.89 bits per heavy atom. The second kappa shape index (κ2) is 6.60. The lowest BCUT2D eigenvalue weighted by Crippen LogP contribution is -2.31. The van der Waals surface area contributed by atoms with Crippen LogP contribution in [0.25, 0.3) is 5.82 Å². The van der Waals surface area contributed by atoms with Crippen LogP contribution in [0.2, 0.25) is 0 Å². The predicted octanol–water partition coefficient (Wildman–Crippen LogP) is 0.00160. The van der Waals surface area contributed by atoms with Crippen LogP contribution in [0.15, 0.2) is 31.0 Å². The standard InChI is InChI=1S/C12H16N6O/c1-2-13-5-6-15-12(19)10-3-4-11(16-7-10)18-9-14-8-17-18/h3-4,7-9,13H,2,5-6H2,1H3,(H,15,19). The molecule has 0 saturated carbocycles. The Balaban J connectivity index is 1.93. The molecule has 100 valence electrons. The molecule has 2 rings (SSSR count). The Hall–Kier alpha value is -2.28. The second-order valence-electron chi connectivity index (χ2n) is 3.85. The van der Waals surface area contributed by atoms with Crippen LogP contribution in [-0.4, -0.2) is 45.3 Å². The fraction of sp³-hybridized carbons (Fsp3) is 0.333. The van der Waals surface area contributed by atoms with E-state index in [0.29, 0.717) is 17.9 Å². The molecule has 0 aliphatic heterocycles. The summed E-state index contributed by atoms with van der Waals surface area (Å²) < 4.78 is 1.53. The summed E-state index contributed by atoms with van der Waals surface area (Å²) >= 11 is 0. The molecule has 0 fully saturated rings. The highest BCUT2D eigenvalue weighted by Gasteiger charge is 2.06. The van der Waals surface area contributed by atoms with E-state index in [0.717, 1.165) is 13.1 Å². The minimum atomic E-state index is -0.129. The van der Waals surface area contributed by atoms with Crippen molar-refractivity contribution < 1.29 is 4.79 Å². The van der Waals surface area contributed by atoms with Crippen LogP contribution < -0.4 is 10.6 Å². The van der Waals surface area contributed by atoms with Gasteiger partial charge in [-0.1, -0.05) is 6.92 Å². The van der Waals surface area contributed by atoms with Crippen LogP contribution >= 0.6 is 0 Å². The monoisotopic (exact) mass is 260 g/mol. The summed E-state index contributed by atoms with van der Waals surface area (Å²) in [6, 6.07) is 3.44. The van der Waals surface area contributed by atoms with Gasteiger partial charge in [-0.2, -0.15) is 5.10 Å². The molecule has 2 heterocycles. The van der Waals surface area contributed by atoms with Crippen molar-refractivity contribution in [2.45, 2.75) is 6.92 Å². The zero-order chi connectivity index (χ0) is 13.5. The van der Waals surface area contributed by atoms with Gasteiger partial charge in [0, 0.05) is 19.3 Å². The van der Waals surface area contributed by atoms with Gasteiger partial charge in [0.15, 0.2) is 5.82 Å². The molecule has 0 bridgehead atoms. The maximum absolute atomic E-state index is 11.8. The fourth-order valence-electron chi connectivity index (χ4n) is 1.53. The molecule has 0 unspecified atom stereocenters. The average molecular weight is 260 g/mol. The van der Waals surface area contributed by atoms with Crippen molar-refractivity contribution in [3.05, 3.63) is 36.5 Å². The first-order valence-electron chi connectivity index (χ1n) is 6.11. The number of nitrogens with one attached hydrogen (secondary N) is 2. The van der Waals surface area contributed by atoms with Crippen molar-refractivity contribution >= 4 is 5.91 Å². The third-order valence-corrected chi connectivity index (χ3v) is 2.50. The predicted molar refractivity (Wildman–Crippen MR) is 70.0 cm³/mol. The number of carbonyl (C=O) groups is 1. The Labute approximate surface area is 111 Å². The Morgan fingerprint density at radius 1 is 1.37 bits per heavy atom. The van der Waals surface area contributed by atoms with E-state index in [2.05, 4.69) is 25.7 Å². The molecule has 7 nitrogen and oxygen atoms in total. The summed E-state index contributed by atoms with van der Waals surface area (Å²) in [4.78, 5) is 19.8. The lowest BCUT2D eigenvalue weighted by Gasteiger charge is -2.06. The molecule has 0 saturated heterocycles. The van der Waals surface area contributed by atoms with Gasteiger partial charge in [-0.15, -0.1) is 0 Å². The number of likely N-dealkylation sites (N-methyl/N-ethyl adjacent to an activating group) is 1. The van der Waals surface area contributed by atoms with Gasteiger partial charge < -0.3 is 10.6 Å². The molecule has 0 aromatic carbocycles. The number of rotatable bonds is 6. The number of hydrogen-bond donors (Lipinski definition) is 2. The van der Waals surface area contributed by atoms with Gasteiger partial charge in [-0.3, -0.25) is 4.79 Å². The lowest BCUT2D eigenvalue weighted by molar-refractivity contribution is 0.0953.